The Balaban J connectivity index is 2.65. The molecule has 0 amide bonds. The Morgan fingerprint density at radius 2 is 2.06 bits per heavy atom. The second-order valence-corrected chi connectivity index (χ2v) is 4.28. The summed E-state index contributed by atoms with van der Waals surface area (Å²) in [7, 11) is 1.69. The van der Waals surface area contributed by atoms with Crippen LogP contribution in [0.4, 0.5) is 0 Å². The molecule has 0 spiro atoms. The SMILES string of the molecule is COCc1cc2cc(O)ccc2n1C(C)C. The van der Waals surface area contributed by atoms with Crippen molar-refractivity contribution in [3.05, 3.63) is 30.0 Å². The fraction of sp³-hybridized carbons (Fsp3) is 0.385. The van der Waals surface area contributed by atoms with Crippen LogP contribution in [0, 0.1) is 0 Å². The Morgan fingerprint density at radius 1 is 1.31 bits per heavy atom. The lowest BCUT2D eigenvalue weighted by molar-refractivity contribution is 0.177. The summed E-state index contributed by atoms with van der Waals surface area (Å²) in [4.78, 5) is 0. The minimum absolute atomic E-state index is 0.303. The summed E-state index contributed by atoms with van der Waals surface area (Å²) < 4.78 is 7.43. The first kappa shape index (κ1) is 11.0. The molecule has 0 aliphatic rings. The van der Waals surface area contributed by atoms with E-state index in [9.17, 15) is 5.11 Å². The summed E-state index contributed by atoms with van der Waals surface area (Å²) in [6.45, 7) is 4.88. The first-order chi connectivity index (χ1) is 7.63. The van der Waals surface area contributed by atoms with E-state index >= 15 is 0 Å². The fourth-order valence-corrected chi connectivity index (χ4v) is 2.15. The number of hydrogen-bond acceptors (Lipinski definition) is 2. The van der Waals surface area contributed by atoms with Crippen LogP contribution < -0.4 is 0 Å². The summed E-state index contributed by atoms with van der Waals surface area (Å²) in [6.07, 6.45) is 0. The van der Waals surface area contributed by atoms with Gasteiger partial charge in [0.15, 0.2) is 0 Å². The normalized spacial score (nSPS) is 11.5. The molecule has 0 aliphatic heterocycles. The molecule has 1 aromatic carbocycles. The van der Waals surface area contributed by atoms with Gasteiger partial charge in [-0.1, -0.05) is 0 Å². The predicted octanol–water partition coefficient (Wildman–Crippen LogP) is 3.07. The Kier molecular flexibility index (Phi) is 2.88. The van der Waals surface area contributed by atoms with E-state index in [-0.39, 0.29) is 0 Å². The molecule has 86 valence electrons. The third kappa shape index (κ3) is 1.78. The number of methoxy groups -OCH3 is 1. The number of phenolic OH excluding ortho intramolecular Hbond substituents is 1. The number of aromatic nitrogens is 1. The Labute approximate surface area is 95.3 Å². The molecule has 2 aromatic rings. The first-order valence-corrected chi connectivity index (χ1v) is 5.45. The molecule has 16 heavy (non-hydrogen) atoms. The van der Waals surface area contributed by atoms with Crippen LogP contribution in [0.15, 0.2) is 24.3 Å². The van der Waals surface area contributed by atoms with Crippen LogP contribution in [0.5, 0.6) is 5.75 Å². The van der Waals surface area contributed by atoms with Gasteiger partial charge in [0.25, 0.3) is 0 Å². The molecule has 3 nitrogen and oxygen atoms in total. The summed E-state index contributed by atoms with van der Waals surface area (Å²) >= 11 is 0. The van der Waals surface area contributed by atoms with Crippen molar-refractivity contribution in [3.63, 3.8) is 0 Å². The highest BCUT2D eigenvalue weighted by Crippen LogP contribution is 2.27. The first-order valence-electron chi connectivity index (χ1n) is 5.45. The van der Waals surface area contributed by atoms with Crippen molar-refractivity contribution in [2.75, 3.05) is 7.11 Å². The molecule has 0 radical (unpaired) electrons. The second-order valence-electron chi connectivity index (χ2n) is 4.28. The van der Waals surface area contributed by atoms with E-state index in [1.165, 1.54) is 0 Å². The van der Waals surface area contributed by atoms with E-state index in [2.05, 4.69) is 24.5 Å². The van der Waals surface area contributed by atoms with Gasteiger partial charge in [0.05, 0.1) is 6.61 Å². The molecule has 0 saturated carbocycles. The summed E-state index contributed by atoms with van der Waals surface area (Å²) in [5.41, 5.74) is 2.28. The van der Waals surface area contributed by atoms with Crippen LogP contribution in [-0.4, -0.2) is 16.8 Å². The number of ether oxygens (including phenoxy) is 1. The molecule has 0 atom stereocenters. The highest BCUT2D eigenvalue weighted by Gasteiger charge is 2.11. The van der Waals surface area contributed by atoms with Crippen molar-refractivity contribution in [1.29, 1.82) is 0 Å². The topological polar surface area (TPSA) is 34.4 Å². The number of nitrogens with zero attached hydrogens (tertiary/aromatic N) is 1. The fourth-order valence-electron chi connectivity index (χ4n) is 2.15. The number of fused-ring (bicyclic) bond motifs is 1. The van der Waals surface area contributed by atoms with E-state index < -0.39 is 0 Å². The van der Waals surface area contributed by atoms with Gasteiger partial charge in [-0.25, -0.2) is 0 Å². The number of aromatic hydroxyl groups is 1. The number of rotatable bonds is 3. The molecule has 3 heteroatoms. The van der Waals surface area contributed by atoms with Crippen LogP contribution in [0.25, 0.3) is 10.9 Å². The van der Waals surface area contributed by atoms with Crippen molar-refractivity contribution in [2.24, 2.45) is 0 Å². The maximum atomic E-state index is 9.46. The summed E-state index contributed by atoms with van der Waals surface area (Å²) in [5.74, 6) is 0.303. The molecule has 0 unspecified atom stereocenters. The van der Waals surface area contributed by atoms with E-state index in [0.717, 1.165) is 16.6 Å². The van der Waals surface area contributed by atoms with Crippen molar-refractivity contribution in [3.8, 4) is 5.75 Å². The highest BCUT2D eigenvalue weighted by atomic mass is 16.5. The summed E-state index contributed by atoms with van der Waals surface area (Å²) in [6, 6.07) is 7.90. The molecular formula is C13H17NO2. The van der Waals surface area contributed by atoms with Gasteiger partial charge in [-0.05, 0) is 38.1 Å². The summed E-state index contributed by atoms with van der Waals surface area (Å²) in [5, 5.41) is 10.5. The standard InChI is InChI=1S/C13H17NO2/c1-9(2)14-11(8-16-3)6-10-7-12(15)4-5-13(10)14/h4-7,9,15H,8H2,1-3H3. The third-order valence-corrected chi connectivity index (χ3v) is 2.71. The van der Waals surface area contributed by atoms with Gasteiger partial charge < -0.3 is 14.4 Å². The maximum Gasteiger partial charge on any atom is 0.116 e. The Morgan fingerprint density at radius 3 is 2.69 bits per heavy atom. The van der Waals surface area contributed by atoms with Crippen LogP contribution in [0.1, 0.15) is 25.6 Å². The smallest absolute Gasteiger partial charge is 0.116 e. The van der Waals surface area contributed by atoms with Crippen molar-refractivity contribution in [1.82, 2.24) is 4.57 Å². The lowest BCUT2D eigenvalue weighted by atomic mass is 10.2. The molecule has 1 heterocycles. The van der Waals surface area contributed by atoms with Gasteiger partial charge in [0.2, 0.25) is 0 Å². The zero-order valence-corrected chi connectivity index (χ0v) is 9.90. The highest BCUT2D eigenvalue weighted by molar-refractivity contribution is 5.83. The zero-order chi connectivity index (χ0) is 11.7. The third-order valence-electron chi connectivity index (χ3n) is 2.71. The molecule has 2 rings (SSSR count). The minimum Gasteiger partial charge on any atom is -0.508 e. The maximum absolute atomic E-state index is 9.46. The van der Waals surface area contributed by atoms with E-state index in [0.29, 0.717) is 18.4 Å². The van der Waals surface area contributed by atoms with E-state index in [4.69, 9.17) is 4.74 Å². The Hall–Kier alpha value is -1.48. The van der Waals surface area contributed by atoms with Crippen LogP contribution in [0.3, 0.4) is 0 Å². The molecule has 0 saturated heterocycles. The average Bonchev–Trinajstić information content (AvgIpc) is 2.55. The molecule has 0 fully saturated rings. The van der Waals surface area contributed by atoms with Gasteiger partial charge in [-0.15, -0.1) is 0 Å². The second kappa shape index (κ2) is 4.18. The minimum atomic E-state index is 0.303. The van der Waals surface area contributed by atoms with Crippen molar-refractivity contribution >= 4 is 10.9 Å². The van der Waals surface area contributed by atoms with Crippen LogP contribution >= 0.6 is 0 Å². The van der Waals surface area contributed by atoms with Gasteiger partial charge in [-0.2, -0.15) is 0 Å². The van der Waals surface area contributed by atoms with Crippen LogP contribution in [-0.2, 0) is 11.3 Å². The molecule has 0 bridgehead atoms. The largest absolute Gasteiger partial charge is 0.508 e. The Bertz CT molecular complexity index is 500. The molecule has 1 N–H and O–H groups in total. The molecular weight excluding hydrogens is 202 g/mol. The van der Waals surface area contributed by atoms with Gasteiger partial charge >= 0.3 is 0 Å². The van der Waals surface area contributed by atoms with Crippen LogP contribution in [0.2, 0.25) is 0 Å². The number of phenols is 1. The molecule has 0 aliphatic carbocycles. The number of benzene rings is 1. The predicted molar refractivity (Wildman–Crippen MR) is 64.7 cm³/mol. The van der Waals surface area contributed by atoms with Gasteiger partial charge in [0, 0.05) is 29.7 Å². The van der Waals surface area contributed by atoms with Crippen molar-refractivity contribution in [2.45, 2.75) is 26.5 Å². The van der Waals surface area contributed by atoms with E-state index in [1.807, 2.05) is 6.07 Å². The monoisotopic (exact) mass is 219 g/mol. The number of hydrogen-bond donors (Lipinski definition) is 1. The van der Waals surface area contributed by atoms with Gasteiger partial charge in [-0.3, -0.25) is 0 Å². The zero-order valence-electron chi connectivity index (χ0n) is 9.90. The van der Waals surface area contributed by atoms with Crippen molar-refractivity contribution < 1.29 is 9.84 Å². The van der Waals surface area contributed by atoms with Gasteiger partial charge in [0.1, 0.15) is 5.75 Å². The van der Waals surface area contributed by atoms with E-state index in [1.54, 1.807) is 19.2 Å². The average molecular weight is 219 g/mol. The molecule has 1 aromatic heterocycles. The lowest BCUT2D eigenvalue weighted by Crippen LogP contribution is -2.05. The lowest BCUT2D eigenvalue weighted by Gasteiger charge is -2.14. The quantitative estimate of drug-likeness (QED) is 0.860.